The maximum Gasteiger partial charge on any atom is 0.281 e. The van der Waals surface area contributed by atoms with Crippen LogP contribution in [-0.2, 0) is 4.79 Å². The number of carbonyl (C=O) groups is 2. The second-order valence-corrected chi connectivity index (χ2v) is 8.58. The number of hydrazone groups is 1. The summed E-state index contributed by atoms with van der Waals surface area (Å²) in [6.45, 7) is -0.257. The number of furan rings is 1. The molecule has 34 heavy (non-hydrogen) atoms. The summed E-state index contributed by atoms with van der Waals surface area (Å²) in [5.74, 6) is 0.343. The normalized spacial score (nSPS) is 15.1. The van der Waals surface area contributed by atoms with Gasteiger partial charge in [-0.3, -0.25) is 9.59 Å². The van der Waals surface area contributed by atoms with Crippen LogP contribution in [0, 0.1) is 0 Å². The molecule has 170 valence electrons. The van der Waals surface area contributed by atoms with Gasteiger partial charge in [-0.05, 0) is 47.8 Å². The van der Waals surface area contributed by atoms with Crippen molar-refractivity contribution < 1.29 is 18.7 Å². The molecule has 0 radical (unpaired) electrons. The molecule has 1 aliphatic rings. The Morgan fingerprint density at radius 1 is 1.03 bits per heavy atom. The molecule has 0 saturated heterocycles. The number of hydrogen-bond acceptors (Lipinski definition) is 6. The van der Waals surface area contributed by atoms with Gasteiger partial charge in [-0.1, -0.05) is 36.4 Å². The molecular weight excluding hydrogens is 450 g/mol. The van der Waals surface area contributed by atoms with E-state index in [9.17, 15) is 9.59 Å². The molecule has 4 aromatic rings. The first-order valence-electron chi connectivity index (χ1n) is 10.7. The third kappa shape index (κ3) is 4.62. The second-order valence-electron chi connectivity index (χ2n) is 7.60. The van der Waals surface area contributed by atoms with Crippen LogP contribution in [-0.4, -0.2) is 29.1 Å². The molecule has 1 atom stereocenters. The third-order valence-electron chi connectivity index (χ3n) is 5.36. The highest BCUT2D eigenvalue weighted by Gasteiger charge is 2.35. The lowest BCUT2D eigenvalue weighted by atomic mass is 10.1. The Morgan fingerprint density at radius 2 is 1.85 bits per heavy atom. The summed E-state index contributed by atoms with van der Waals surface area (Å²) < 4.78 is 11.3. The van der Waals surface area contributed by atoms with E-state index in [0.29, 0.717) is 34.9 Å². The van der Waals surface area contributed by atoms with Crippen LogP contribution in [0.3, 0.4) is 0 Å². The van der Waals surface area contributed by atoms with Crippen molar-refractivity contribution >= 4 is 34.6 Å². The highest BCUT2D eigenvalue weighted by Crippen LogP contribution is 2.35. The molecular formula is C26H21N3O4S. The molecule has 1 N–H and O–H groups in total. The fourth-order valence-corrected chi connectivity index (χ4v) is 4.55. The highest BCUT2D eigenvalue weighted by molar-refractivity contribution is 7.10. The van der Waals surface area contributed by atoms with Crippen LogP contribution in [0.4, 0.5) is 5.69 Å². The van der Waals surface area contributed by atoms with Crippen molar-refractivity contribution in [2.45, 2.75) is 12.5 Å². The van der Waals surface area contributed by atoms with Gasteiger partial charge in [0, 0.05) is 17.0 Å². The van der Waals surface area contributed by atoms with E-state index < -0.39 is 0 Å². The first kappa shape index (κ1) is 21.7. The molecule has 5 rings (SSSR count). The third-order valence-corrected chi connectivity index (χ3v) is 6.33. The molecule has 0 fully saturated rings. The predicted molar refractivity (Wildman–Crippen MR) is 130 cm³/mol. The standard InChI is InChI=1S/C26H21N3O4S/c30-25(29-21(24-13-7-15-34-24)16-20(28-29)23-12-6-14-32-23)17-33-22-11-5-4-10-19(22)26(31)27-18-8-2-1-3-9-18/h1-15,21H,16-17H2,(H,27,31). The van der Waals surface area contributed by atoms with E-state index in [1.165, 1.54) is 5.01 Å². The quantitative estimate of drug-likeness (QED) is 0.394. The van der Waals surface area contributed by atoms with Crippen molar-refractivity contribution in [2.24, 2.45) is 5.10 Å². The zero-order valence-electron chi connectivity index (χ0n) is 18.1. The van der Waals surface area contributed by atoms with Crippen molar-refractivity contribution in [3.63, 3.8) is 0 Å². The molecule has 1 unspecified atom stereocenters. The monoisotopic (exact) mass is 471 g/mol. The Kier molecular flexibility index (Phi) is 6.22. The number of nitrogens with zero attached hydrogens (tertiary/aromatic N) is 2. The average Bonchev–Trinajstić information content (AvgIpc) is 3.64. The number of thiophene rings is 1. The molecule has 0 aliphatic carbocycles. The summed E-state index contributed by atoms with van der Waals surface area (Å²) >= 11 is 1.57. The van der Waals surface area contributed by atoms with Crippen LogP contribution < -0.4 is 10.1 Å². The Balaban J connectivity index is 1.32. The first-order chi connectivity index (χ1) is 16.7. The summed E-state index contributed by atoms with van der Waals surface area (Å²) in [6.07, 6.45) is 2.14. The highest BCUT2D eigenvalue weighted by atomic mass is 32.1. The molecule has 0 bridgehead atoms. The average molecular weight is 472 g/mol. The zero-order chi connectivity index (χ0) is 23.3. The second kappa shape index (κ2) is 9.76. The molecule has 2 aromatic carbocycles. The van der Waals surface area contributed by atoms with Crippen LogP contribution >= 0.6 is 11.3 Å². The number of ether oxygens (including phenoxy) is 1. The molecule has 0 spiro atoms. The SMILES string of the molecule is O=C(Nc1ccccc1)c1ccccc1OCC(=O)N1N=C(c2ccco2)CC1c1cccs1. The number of para-hydroxylation sites is 2. The Morgan fingerprint density at radius 3 is 2.62 bits per heavy atom. The van der Waals surface area contributed by atoms with Crippen LogP contribution in [0.5, 0.6) is 5.75 Å². The van der Waals surface area contributed by atoms with Crippen molar-refractivity contribution in [1.29, 1.82) is 0 Å². The van der Waals surface area contributed by atoms with Crippen molar-refractivity contribution in [3.05, 3.63) is 107 Å². The summed E-state index contributed by atoms with van der Waals surface area (Å²) in [6, 6.07) is 23.3. The zero-order valence-corrected chi connectivity index (χ0v) is 18.9. The number of carbonyl (C=O) groups excluding carboxylic acids is 2. The van der Waals surface area contributed by atoms with Crippen molar-refractivity contribution in [1.82, 2.24) is 5.01 Å². The summed E-state index contributed by atoms with van der Waals surface area (Å²) in [5, 5.41) is 10.8. The van der Waals surface area contributed by atoms with E-state index in [1.807, 2.05) is 41.8 Å². The number of anilines is 1. The smallest absolute Gasteiger partial charge is 0.281 e. The van der Waals surface area contributed by atoms with Gasteiger partial charge in [0.05, 0.1) is 17.9 Å². The van der Waals surface area contributed by atoms with Gasteiger partial charge in [0.25, 0.3) is 11.8 Å². The molecule has 2 amide bonds. The van der Waals surface area contributed by atoms with E-state index in [1.54, 1.807) is 60.1 Å². The lowest BCUT2D eigenvalue weighted by Gasteiger charge is -2.21. The van der Waals surface area contributed by atoms with Crippen LogP contribution in [0.15, 0.2) is 100 Å². The van der Waals surface area contributed by atoms with Gasteiger partial charge < -0.3 is 14.5 Å². The number of hydrogen-bond donors (Lipinski definition) is 1. The lowest BCUT2D eigenvalue weighted by molar-refractivity contribution is -0.135. The van der Waals surface area contributed by atoms with E-state index in [0.717, 1.165) is 4.88 Å². The Labute approximate surface area is 200 Å². The van der Waals surface area contributed by atoms with Crippen LogP contribution in [0.1, 0.15) is 33.5 Å². The minimum atomic E-state index is -0.315. The minimum absolute atomic E-state index is 0.229. The van der Waals surface area contributed by atoms with Crippen molar-refractivity contribution in [2.75, 3.05) is 11.9 Å². The van der Waals surface area contributed by atoms with Crippen molar-refractivity contribution in [3.8, 4) is 5.75 Å². The number of nitrogens with one attached hydrogen (secondary N) is 1. The fourth-order valence-electron chi connectivity index (χ4n) is 3.74. The Bertz CT molecular complexity index is 1300. The molecule has 0 saturated carbocycles. The lowest BCUT2D eigenvalue weighted by Crippen LogP contribution is -2.31. The number of amides is 2. The van der Waals surface area contributed by atoms with Gasteiger partial charge in [0.2, 0.25) is 0 Å². The number of benzene rings is 2. The van der Waals surface area contributed by atoms with Crippen LogP contribution in [0.25, 0.3) is 0 Å². The van der Waals surface area contributed by atoms with E-state index >= 15 is 0 Å². The van der Waals surface area contributed by atoms with E-state index in [4.69, 9.17) is 9.15 Å². The van der Waals surface area contributed by atoms with E-state index in [-0.39, 0.29) is 24.5 Å². The molecule has 3 heterocycles. The van der Waals surface area contributed by atoms with Gasteiger partial charge in [-0.25, -0.2) is 5.01 Å². The molecule has 8 heteroatoms. The molecule has 7 nitrogen and oxygen atoms in total. The first-order valence-corrected chi connectivity index (χ1v) is 11.6. The topological polar surface area (TPSA) is 84.1 Å². The van der Waals surface area contributed by atoms with Gasteiger partial charge >= 0.3 is 0 Å². The predicted octanol–water partition coefficient (Wildman–Crippen LogP) is 5.35. The summed E-state index contributed by atoms with van der Waals surface area (Å²) in [7, 11) is 0. The van der Waals surface area contributed by atoms with Gasteiger partial charge in [0.15, 0.2) is 6.61 Å². The molecule has 1 aliphatic heterocycles. The molecule has 2 aromatic heterocycles. The minimum Gasteiger partial charge on any atom is -0.483 e. The Hall–Kier alpha value is -4.17. The van der Waals surface area contributed by atoms with Gasteiger partial charge in [-0.2, -0.15) is 5.10 Å². The summed E-state index contributed by atoms with van der Waals surface area (Å²) in [5.41, 5.74) is 1.73. The largest absolute Gasteiger partial charge is 0.483 e. The van der Waals surface area contributed by atoms with Gasteiger partial charge in [-0.15, -0.1) is 11.3 Å². The maximum absolute atomic E-state index is 13.2. The van der Waals surface area contributed by atoms with Gasteiger partial charge in [0.1, 0.15) is 17.2 Å². The maximum atomic E-state index is 13.2. The van der Waals surface area contributed by atoms with Crippen LogP contribution in [0.2, 0.25) is 0 Å². The number of rotatable bonds is 7. The fraction of sp³-hybridized carbons (Fsp3) is 0.115. The summed E-state index contributed by atoms with van der Waals surface area (Å²) in [4.78, 5) is 27.0. The van der Waals surface area contributed by atoms with E-state index in [2.05, 4.69) is 10.4 Å².